The molecule has 0 aliphatic heterocycles. The molecule has 0 unspecified atom stereocenters. The van der Waals surface area contributed by atoms with Crippen molar-refractivity contribution in [1.29, 1.82) is 0 Å². The van der Waals surface area contributed by atoms with Gasteiger partial charge in [0, 0.05) is 11.9 Å². The van der Waals surface area contributed by atoms with E-state index in [-0.39, 0.29) is 5.11 Å². The zero-order chi connectivity index (χ0) is 14.6. The number of aromatic nitrogens is 1. The maximum atomic E-state index is 12.4. The summed E-state index contributed by atoms with van der Waals surface area (Å²) in [5.74, 6) is 0.553. The van der Waals surface area contributed by atoms with Crippen molar-refractivity contribution in [3.8, 4) is 0 Å². The van der Waals surface area contributed by atoms with Crippen molar-refractivity contribution in [2.24, 2.45) is 0 Å². The second-order valence-electron chi connectivity index (χ2n) is 3.87. The van der Waals surface area contributed by atoms with Gasteiger partial charge in [0.05, 0.1) is 5.56 Å². The van der Waals surface area contributed by atoms with Crippen LogP contribution in [0.2, 0.25) is 0 Å². The minimum absolute atomic E-state index is 0.253. The number of hydrogen-bond donors (Lipinski definition) is 2. The molecule has 1 aromatic heterocycles. The summed E-state index contributed by atoms with van der Waals surface area (Å²) in [6, 6.07) is 9.89. The van der Waals surface area contributed by atoms with Gasteiger partial charge < -0.3 is 10.6 Å². The Kier molecular flexibility index (Phi) is 4.19. The molecule has 0 radical (unpaired) electrons. The molecule has 0 amide bonds. The number of pyridine rings is 1. The van der Waals surface area contributed by atoms with Crippen molar-refractivity contribution in [1.82, 2.24) is 4.98 Å². The Balaban J connectivity index is 1.98. The maximum Gasteiger partial charge on any atom is 0.416 e. The van der Waals surface area contributed by atoms with E-state index in [0.29, 0.717) is 11.5 Å². The van der Waals surface area contributed by atoms with Crippen LogP contribution >= 0.6 is 12.2 Å². The Bertz CT molecular complexity index is 582. The van der Waals surface area contributed by atoms with Crippen LogP contribution in [0.4, 0.5) is 24.7 Å². The van der Waals surface area contributed by atoms with Gasteiger partial charge in [0.2, 0.25) is 0 Å². The topological polar surface area (TPSA) is 37.0 Å². The summed E-state index contributed by atoms with van der Waals surface area (Å²) in [5.41, 5.74) is -0.238. The number of nitrogens with zero attached hydrogens (tertiary/aromatic N) is 1. The van der Waals surface area contributed by atoms with Crippen LogP contribution in [0.15, 0.2) is 48.7 Å². The second kappa shape index (κ2) is 5.87. The third-order valence-corrected chi connectivity index (χ3v) is 2.58. The van der Waals surface area contributed by atoms with Gasteiger partial charge in [-0.3, -0.25) is 0 Å². The first-order valence-corrected chi connectivity index (χ1v) is 6.02. The third kappa shape index (κ3) is 3.92. The Hall–Kier alpha value is -2.15. The minimum atomic E-state index is -4.34. The van der Waals surface area contributed by atoms with Crippen molar-refractivity contribution in [2.45, 2.75) is 6.18 Å². The number of thiocarbonyl (C=S) groups is 1. The number of hydrogen-bond acceptors (Lipinski definition) is 2. The second-order valence-corrected chi connectivity index (χ2v) is 4.28. The van der Waals surface area contributed by atoms with Gasteiger partial charge in [0.1, 0.15) is 5.82 Å². The molecular formula is C13H10F3N3S. The lowest BCUT2D eigenvalue weighted by molar-refractivity contribution is -0.137. The Morgan fingerprint density at radius 3 is 2.25 bits per heavy atom. The molecule has 0 aliphatic rings. The maximum absolute atomic E-state index is 12.4. The first-order chi connectivity index (χ1) is 9.45. The highest BCUT2D eigenvalue weighted by atomic mass is 32.1. The van der Waals surface area contributed by atoms with E-state index in [4.69, 9.17) is 12.2 Å². The average Bonchev–Trinajstić information content (AvgIpc) is 2.39. The highest BCUT2D eigenvalue weighted by Crippen LogP contribution is 2.29. The van der Waals surface area contributed by atoms with Gasteiger partial charge in [-0.25, -0.2) is 4.98 Å². The van der Waals surface area contributed by atoms with E-state index in [1.165, 1.54) is 12.1 Å². The highest BCUT2D eigenvalue weighted by Gasteiger charge is 2.29. The van der Waals surface area contributed by atoms with Crippen LogP contribution in [0.1, 0.15) is 5.56 Å². The molecule has 3 nitrogen and oxygen atoms in total. The molecule has 1 heterocycles. The molecule has 1 aromatic carbocycles. The van der Waals surface area contributed by atoms with Crippen LogP contribution < -0.4 is 10.6 Å². The van der Waals surface area contributed by atoms with Gasteiger partial charge in [-0.1, -0.05) is 6.07 Å². The van der Waals surface area contributed by atoms with Gasteiger partial charge in [0.25, 0.3) is 0 Å². The normalized spacial score (nSPS) is 10.9. The molecule has 2 aromatic rings. The van der Waals surface area contributed by atoms with Gasteiger partial charge in [-0.05, 0) is 48.6 Å². The van der Waals surface area contributed by atoms with E-state index in [2.05, 4.69) is 15.6 Å². The molecule has 0 spiro atoms. The van der Waals surface area contributed by atoms with E-state index in [1.807, 2.05) is 0 Å². The van der Waals surface area contributed by atoms with Gasteiger partial charge in [-0.2, -0.15) is 13.2 Å². The number of alkyl halides is 3. The Morgan fingerprint density at radius 1 is 1.00 bits per heavy atom. The summed E-state index contributed by atoms with van der Waals surface area (Å²) in [6.45, 7) is 0. The fourth-order valence-electron chi connectivity index (χ4n) is 1.46. The SMILES string of the molecule is FC(F)(F)c1ccc(NC(=S)Nc2ccccn2)cc1. The summed E-state index contributed by atoms with van der Waals surface area (Å²) in [4.78, 5) is 4.02. The Morgan fingerprint density at radius 2 is 1.70 bits per heavy atom. The molecule has 0 bridgehead atoms. The molecule has 0 fully saturated rings. The summed E-state index contributed by atoms with van der Waals surface area (Å²) in [5, 5.41) is 5.86. The molecule has 0 aliphatic carbocycles. The molecular weight excluding hydrogens is 287 g/mol. The van der Waals surface area contributed by atoms with E-state index in [0.717, 1.165) is 12.1 Å². The van der Waals surface area contributed by atoms with Crippen molar-refractivity contribution in [3.05, 3.63) is 54.2 Å². The van der Waals surface area contributed by atoms with E-state index in [1.54, 1.807) is 24.4 Å². The zero-order valence-electron chi connectivity index (χ0n) is 10.1. The van der Waals surface area contributed by atoms with Crippen LogP contribution in [-0.4, -0.2) is 10.1 Å². The highest BCUT2D eigenvalue weighted by molar-refractivity contribution is 7.80. The quantitative estimate of drug-likeness (QED) is 0.824. The standard InChI is InChI=1S/C13H10F3N3S/c14-13(15,16)9-4-6-10(7-5-9)18-12(20)19-11-3-1-2-8-17-11/h1-8H,(H2,17,18,19,20). The van der Waals surface area contributed by atoms with E-state index in [9.17, 15) is 13.2 Å². The summed E-state index contributed by atoms with van der Waals surface area (Å²) >= 11 is 5.04. The van der Waals surface area contributed by atoms with Crippen molar-refractivity contribution < 1.29 is 13.2 Å². The molecule has 0 atom stereocenters. The molecule has 7 heteroatoms. The molecule has 104 valence electrons. The number of anilines is 2. The molecule has 2 rings (SSSR count). The third-order valence-electron chi connectivity index (χ3n) is 2.38. The zero-order valence-corrected chi connectivity index (χ0v) is 10.9. The number of halogens is 3. The van der Waals surface area contributed by atoms with Gasteiger partial charge in [0.15, 0.2) is 5.11 Å². The van der Waals surface area contributed by atoms with Crippen LogP contribution in [0.25, 0.3) is 0 Å². The predicted octanol–water partition coefficient (Wildman–Crippen LogP) is 3.91. The average molecular weight is 297 g/mol. The van der Waals surface area contributed by atoms with Crippen LogP contribution in [0.3, 0.4) is 0 Å². The van der Waals surface area contributed by atoms with Gasteiger partial charge in [-0.15, -0.1) is 0 Å². The lowest BCUT2D eigenvalue weighted by Gasteiger charge is -2.11. The van der Waals surface area contributed by atoms with Gasteiger partial charge >= 0.3 is 6.18 Å². The molecule has 20 heavy (non-hydrogen) atoms. The van der Waals surface area contributed by atoms with Crippen molar-refractivity contribution in [3.63, 3.8) is 0 Å². The number of rotatable bonds is 2. The fourth-order valence-corrected chi connectivity index (χ4v) is 1.68. The Labute approximate surface area is 118 Å². The summed E-state index contributed by atoms with van der Waals surface area (Å²) in [6.07, 6.45) is -2.74. The van der Waals surface area contributed by atoms with Crippen LogP contribution in [0.5, 0.6) is 0 Å². The molecule has 0 saturated carbocycles. The predicted molar refractivity (Wildman–Crippen MR) is 75.5 cm³/mol. The molecule has 0 saturated heterocycles. The van der Waals surface area contributed by atoms with Crippen molar-refractivity contribution >= 4 is 28.8 Å². The van der Waals surface area contributed by atoms with E-state index < -0.39 is 11.7 Å². The smallest absolute Gasteiger partial charge is 0.332 e. The lowest BCUT2D eigenvalue weighted by atomic mass is 10.2. The minimum Gasteiger partial charge on any atom is -0.332 e. The van der Waals surface area contributed by atoms with Crippen LogP contribution in [-0.2, 0) is 6.18 Å². The fraction of sp³-hybridized carbons (Fsp3) is 0.0769. The van der Waals surface area contributed by atoms with Crippen molar-refractivity contribution in [2.75, 3.05) is 10.6 Å². The largest absolute Gasteiger partial charge is 0.416 e. The number of benzene rings is 1. The first kappa shape index (κ1) is 14.3. The summed E-state index contributed by atoms with van der Waals surface area (Å²) < 4.78 is 37.2. The lowest BCUT2D eigenvalue weighted by Crippen LogP contribution is -2.19. The van der Waals surface area contributed by atoms with Crippen LogP contribution in [0, 0.1) is 0 Å². The summed E-state index contributed by atoms with van der Waals surface area (Å²) in [7, 11) is 0. The van der Waals surface area contributed by atoms with E-state index >= 15 is 0 Å². The molecule has 2 N–H and O–H groups in total. The first-order valence-electron chi connectivity index (χ1n) is 5.61. The number of nitrogens with one attached hydrogen (secondary N) is 2. The monoisotopic (exact) mass is 297 g/mol.